The van der Waals surface area contributed by atoms with Crippen molar-refractivity contribution >= 4 is 11.6 Å². The second-order valence-corrected chi connectivity index (χ2v) is 4.84. The van der Waals surface area contributed by atoms with Crippen LogP contribution in [0.1, 0.15) is 23.2 Å². The lowest BCUT2D eigenvalue weighted by Crippen LogP contribution is -2.69. The average molecular weight is 231 g/mol. The summed E-state index contributed by atoms with van der Waals surface area (Å²) in [5, 5.41) is 6.53. The maximum atomic E-state index is 12.1. The fourth-order valence-corrected chi connectivity index (χ4v) is 2.83. The smallest absolute Gasteiger partial charge is 0.255 e. The summed E-state index contributed by atoms with van der Waals surface area (Å²) in [5.74, 6) is 0.0439. The molecule has 4 heteroatoms. The highest BCUT2D eigenvalue weighted by Crippen LogP contribution is 2.33. The van der Waals surface area contributed by atoms with Crippen molar-refractivity contribution in [2.45, 2.75) is 18.5 Å². The number of rotatable bonds is 0. The summed E-state index contributed by atoms with van der Waals surface area (Å²) in [6.07, 6.45) is 2.09. The Hall–Kier alpha value is -1.55. The zero-order valence-corrected chi connectivity index (χ0v) is 9.99. The predicted octanol–water partition coefficient (Wildman–Crippen LogP) is 0.946. The number of hydrogen-bond acceptors (Lipinski definition) is 3. The van der Waals surface area contributed by atoms with Gasteiger partial charge in [-0.05, 0) is 31.5 Å². The Labute approximate surface area is 101 Å². The van der Waals surface area contributed by atoms with Gasteiger partial charge in [-0.25, -0.2) is 0 Å². The molecule has 1 aromatic carbocycles. The minimum atomic E-state index is -0.246. The Morgan fingerprint density at radius 2 is 2.18 bits per heavy atom. The zero-order chi connectivity index (χ0) is 11.9. The first-order valence-corrected chi connectivity index (χ1v) is 6.09. The van der Waals surface area contributed by atoms with Crippen LogP contribution < -0.4 is 15.5 Å². The topological polar surface area (TPSA) is 44.4 Å². The maximum Gasteiger partial charge on any atom is 0.255 e. The van der Waals surface area contributed by atoms with Gasteiger partial charge in [0.25, 0.3) is 5.91 Å². The summed E-state index contributed by atoms with van der Waals surface area (Å²) >= 11 is 0. The standard InChI is InChI=1S/C13H17N3O/c1-16-11-6-3-2-5-10(11)12(17)15-13(16)7-4-8-14-9-13/h2-3,5-6,14H,4,7-9H2,1H3,(H,15,17)/t13-/m1/s1. The molecule has 2 N–H and O–H groups in total. The second-order valence-electron chi connectivity index (χ2n) is 4.84. The van der Waals surface area contributed by atoms with E-state index in [-0.39, 0.29) is 11.6 Å². The molecule has 1 fully saturated rings. The summed E-state index contributed by atoms with van der Waals surface area (Å²) in [5.41, 5.74) is 1.55. The fraction of sp³-hybridized carbons (Fsp3) is 0.462. The molecule has 0 bridgehead atoms. The molecule has 1 saturated heterocycles. The van der Waals surface area contributed by atoms with Crippen LogP contribution in [0.25, 0.3) is 0 Å². The van der Waals surface area contributed by atoms with Gasteiger partial charge in [-0.15, -0.1) is 0 Å². The first-order chi connectivity index (χ1) is 8.23. The minimum Gasteiger partial charge on any atom is -0.350 e. The lowest BCUT2D eigenvalue weighted by Gasteiger charge is -2.49. The SMILES string of the molecule is CN1c2ccccc2C(=O)N[C@]12CCCNC2. The van der Waals surface area contributed by atoms with E-state index < -0.39 is 0 Å². The lowest BCUT2D eigenvalue weighted by molar-refractivity contribution is 0.0861. The van der Waals surface area contributed by atoms with Gasteiger partial charge < -0.3 is 15.5 Å². The normalized spacial score (nSPS) is 27.8. The number of nitrogens with one attached hydrogen (secondary N) is 2. The van der Waals surface area contributed by atoms with Crippen LogP contribution in [0.3, 0.4) is 0 Å². The van der Waals surface area contributed by atoms with Crippen LogP contribution in [0.4, 0.5) is 5.69 Å². The molecule has 2 aliphatic heterocycles. The summed E-state index contributed by atoms with van der Waals surface area (Å²) in [4.78, 5) is 14.3. The number of amides is 1. The molecular formula is C13H17N3O. The van der Waals surface area contributed by atoms with Crippen molar-refractivity contribution in [2.75, 3.05) is 25.0 Å². The predicted molar refractivity (Wildman–Crippen MR) is 67.1 cm³/mol. The van der Waals surface area contributed by atoms with Crippen LogP contribution in [-0.2, 0) is 0 Å². The van der Waals surface area contributed by atoms with Gasteiger partial charge in [0.05, 0.1) is 11.3 Å². The molecule has 0 unspecified atom stereocenters. The third kappa shape index (κ3) is 1.52. The lowest BCUT2D eigenvalue weighted by atomic mass is 9.93. The first-order valence-electron chi connectivity index (χ1n) is 6.09. The molecule has 0 aliphatic carbocycles. The van der Waals surface area contributed by atoms with Crippen molar-refractivity contribution in [3.63, 3.8) is 0 Å². The molecule has 1 atom stereocenters. The maximum absolute atomic E-state index is 12.1. The van der Waals surface area contributed by atoms with Crippen LogP contribution in [0.15, 0.2) is 24.3 Å². The zero-order valence-electron chi connectivity index (χ0n) is 9.99. The van der Waals surface area contributed by atoms with Gasteiger partial charge in [-0.1, -0.05) is 12.1 Å². The van der Waals surface area contributed by atoms with Crippen molar-refractivity contribution in [1.29, 1.82) is 0 Å². The number of carbonyl (C=O) groups is 1. The second kappa shape index (κ2) is 3.74. The first kappa shape index (κ1) is 10.6. The quantitative estimate of drug-likeness (QED) is 0.698. The minimum absolute atomic E-state index is 0.0439. The van der Waals surface area contributed by atoms with Crippen LogP contribution in [0.5, 0.6) is 0 Å². The Morgan fingerprint density at radius 1 is 1.35 bits per heavy atom. The number of hydrogen-bond donors (Lipinski definition) is 2. The summed E-state index contributed by atoms with van der Waals surface area (Å²) in [7, 11) is 2.06. The van der Waals surface area contributed by atoms with E-state index in [1.165, 1.54) is 0 Å². The molecule has 1 aromatic rings. The Bertz CT molecular complexity index is 452. The van der Waals surface area contributed by atoms with Crippen molar-refractivity contribution in [3.05, 3.63) is 29.8 Å². The number of fused-ring (bicyclic) bond motifs is 1. The molecule has 1 amide bonds. The number of piperidine rings is 1. The van der Waals surface area contributed by atoms with E-state index in [1.807, 2.05) is 24.3 Å². The number of carbonyl (C=O) groups excluding carboxylic acids is 1. The Morgan fingerprint density at radius 3 is 2.94 bits per heavy atom. The van der Waals surface area contributed by atoms with Crippen molar-refractivity contribution in [1.82, 2.24) is 10.6 Å². The van der Waals surface area contributed by atoms with Gasteiger partial charge in [-0.2, -0.15) is 0 Å². The Balaban J connectivity index is 2.05. The molecule has 17 heavy (non-hydrogen) atoms. The summed E-state index contributed by atoms with van der Waals surface area (Å²) < 4.78 is 0. The highest BCUT2D eigenvalue weighted by molar-refractivity contribution is 6.02. The number of nitrogens with zero attached hydrogens (tertiary/aromatic N) is 1. The van der Waals surface area contributed by atoms with E-state index in [0.29, 0.717) is 0 Å². The van der Waals surface area contributed by atoms with E-state index >= 15 is 0 Å². The largest absolute Gasteiger partial charge is 0.350 e. The highest BCUT2D eigenvalue weighted by atomic mass is 16.2. The number of benzene rings is 1. The molecule has 0 saturated carbocycles. The van der Waals surface area contributed by atoms with Crippen LogP contribution >= 0.6 is 0 Å². The molecule has 90 valence electrons. The van der Waals surface area contributed by atoms with Crippen molar-refractivity contribution in [3.8, 4) is 0 Å². The van der Waals surface area contributed by atoms with Gasteiger partial charge in [-0.3, -0.25) is 4.79 Å². The van der Waals surface area contributed by atoms with Gasteiger partial charge in [0.2, 0.25) is 0 Å². The monoisotopic (exact) mass is 231 g/mol. The van der Waals surface area contributed by atoms with E-state index in [1.54, 1.807) is 0 Å². The van der Waals surface area contributed by atoms with Crippen molar-refractivity contribution in [2.24, 2.45) is 0 Å². The third-order valence-corrected chi connectivity index (χ3v) is 3.86. The molecular weight excluding hydrogens is 214 g/mol. The van der Waals surface area contributed by atoms with Crippen LogP contribution in [0, 0.1) is 0 Å². The van der Waals surface area contributed by atoms with Crippen LogP contribution in [0.2, 0.25) is 0 Å². The van der Waals surface area contributed by atoms with Gasteiger partial charge in [0.1, 0.15) is 5.66 Å². The molecule has 2 heterocycles. The van der Waals surface area contributed by atoms with Crippen molar-refractivity contribution < 1.29 is 4.79 Å². The van der Waals surface area contributed by atoms with E-state index in [9.17, 15) is 4.79 Å². The van der Waals surface area contributed by atoms with E-state index in [4.69, 9.17) is 0 Å². The Kier molecular flexibility index (Phi) is 2.33. The van der Waals surface area contributed by atoms with Gasteiger partial charge >= 0.3 is 0 Å². The molecule has 0 radical (unpaired) electrons. The molecule has 3 rings (SSSR count). The number of para-hydroxylation sites is 1. The summed E-state index contributed by atoms with van der Waals surface area (Å²) in [6.45, 7) is 1.84. The fourth-order valence-electron chi connectivity index (χ4n) is 2.83. The molecule has 2 aliphatic rings. The summed E-state index contributed by atoms with van der Waals surface area (Å²) in [6, 6.07) is 7.79. The highest BCUT2D eigenvalue weighted by Gasteiger charge is 2.42. The van der Waals surface area contributed by atoms with E-state index in [0.717, 1.165) is 37.2 Å². The van der Waals surface area contributed by atoms with Crippen LogP contribution in [-0.4, -0.2) is 31.7 Å². The molecule has 1 spiro atoms. The third-order valence-electron chi connectivity index (χ3n) is 3.86. The number of anilines is 1. The molecule has 4 nitrogen and oxygen atoms in total. The van der Waals surface area contributed by atoms with Gasteiger partial charge in [0, 0.05) is 13.6 Å². The van der Waals surface area contributed by atoms with E-state index in [2.05, 4.69) is 22.6 Å². The molecule has 0 aromatic heterocycles. The average Bonchev–Trinajstić information content (AvgIpc) is 2.37. The van der Waals surface area contributed by atoms with Gasteiger partial charge in [0.15, 0.2) is 0 Å². The number of likely N-dealkylation sites (N-methyl/N-ethyl adjacent to an activating group) is 1.